The van der Waals surface area contributed by atoms with Crippen molar-refractivity contribution in [3.63, 3.8) is 0 Å². The third-order valence-corrected chi connectivity index (χ3v) is 5.15. The second kappa shape index (κ2) is 9.49. The Bertz CT molecular complexity index is 742. The molecule has 1 fully saturated rings. The van der Waals surface area contributed by atoms with Crippen LogP contribution in [-0.4, -0.2) is 45.8 Å². The maximum Gasteiger partial charge on any atom is 0.337 e. The van der Waals surface area contributed by atoms with E-state index in [0.29, 0.717) is 34.2 Å². The highest BCUT2D eigenvalue weighted by atomic mass is 32.2. The predicted molar refractivity (Wildman–Crippen MR) is 104 cm³/mol. The number of ether oxygens (including phenoxy) is 1. The topological polar surface area (TPSA) is 83.9 Å². The average molecular weight is 393 g/mol. The van der Waals surface area contributed by atoms with Crippen LogP contribution < -0.4 is 0 Å². The number of hydrogen-bond acceptors (Lipinski definition) is 6. The number of thiocarbonyl (C=S) groups is 1. The molecule has 1 aliphatic heterocycles. The molecule has 0 spiro atoms. The number of aliphatic carboxylic acids is 1. The molecule has 1 amide bonds. The summed E-state index contributed by atoms with van der Waals surface area (Å²) in [6, 6.07) is 6.76. The molecule has 1 heterocycles. The summed E-state index contributed by atoms with van der Waals surface area (Å²) in [5.74, 6) is -1.36. The molecule has 6 nitrogen and oxygen atoms in total. The summed E-state index contributed by atoms with van der Waals surface area (Å²) in [5, 5.41) is 8.62. The molecule has 0 bridgehead atoms. The van der Waals surface area contributed by atoms with Crippen LogP contribution in [0, 0.1) is 0 Å². The van der Waals surface area contributed by atoms with Crippen molar-refractivity contribution in [2.24, 2.45) is 0 Å². The Hall–Kier alpha value is -2.19. The highest BCUT2D eigenvalue weighted by molar-refractivity contribution is 8.26. The molecule has 0 unspecified atom stereocenters. The Kier molecular flexibility index (Phi) is 7.35. The average Bonchev–Trinajstić information content (AvgIpc) is 2.88. The third-order valence-electron chi connectivity index (χ3n) is 3.78. The molecule has 0 radical (unpaired) electrons. The molecule has 138 valence electrons. The normalized spacial score (nSPS) is 15.6. The molecule has 8 heteroatoms. The van der Waals surface area contributed by atoms with E-state index in [1.165, 1.54) is 18.9 Å². The fourth-order valence-corrected chi connectivity index (χ4v) is 3.71. The van der Waals surface area contributed by atoms with Gasteiger partial charge in [0.05, 0.1) is 17.6 Å². The van der Waals surface area contributed by atoms with Crippen molar-refractivity contribution >= 4 is 52.2 Å². The minimum absolute atomic E-state index is 0.139. The van der Waals surface area contributed by atoms with Crippen LogP contribution in [0.4, 0.5) is 0 Å². The summed E-state index contributed by atoms with van der Waals surface area (Å²) in [5.41, 5.74) is 1.23. The largest absolute Gasteiger partial charge is 0.481 e. The standard InChI is InChI=1S/C18H19NO5S2/c1-24-17(23)13-8-6-12(7-9-13)11-14-16(22)19(18(25)26-14)10-4-2-3-5-15(20)21/h6-9,11H,2-5,10H2,1H3,(H,20,21). The monoisotopic (exact) mass is 393 g/mol. The zero-order valence-electron chi connectivity index (χ0n) is 14.3. The van der Waals surface area contributed by atoms with Gasteiger partial charge in [-0.3, -0.25) is 14.5 Å². The minimum Gasteiger partial charge on any atom is -0.481 e. The van der Waals surface area contributed by atoms with Crippen molar-refractivity contribution in [1.82, 2.24) is 4.90 Å². The van der Waals surface area contributed by atoms with Gasteiger partial charge in [0.2, 0.25) is 0 Å². The third kappa shape index (κ3) is 5.40. The number of methoxy groups -OCH3 is 1. The number of hydrogen-bond donors (Lipinski definition) is 1. The van der Waals surface area contributed by atoms with Crippen LogP contribution in [0.15, 0.2) is 29.2 Å². The van der Waals surface area contributed by atoms with Crippen LogP contribution in [0.1, 0.15) is 41.6 Å². The van der Waals surface area contributed by atoms with E-state index in [4.69, 9.17) is 17.3 Å². The van der Waals surface area contributed by atoms with Crippen molar-refractivity contribution in [1.29, 1.82) is 0 Å². The lowest BCUT2D eigenvalue weighted by Crippen LogP contribution is -2.29. The summed E-state index contributed by atoms with van der Waals surface area (Å²) in [4.78, 5) is 36.5. The van der Waals surface area contributed by atoms with Crippen molar-refractivity contribution in [2.45, 2.75) is 25.7 Å². The highest BCUT2D eigenvalue weighted by Gasteiger charge is 2.31. The van der Waals surface area contributed by atoms with E-state index in [9.17, 15) is 14.4 Å². The Labute approximate surface area is 161 Å². The van der Waals surface area contributed by atoms with Gasteiger partial charge in [-0.25, -0.2) is 4.79 Å². The SMILES string of the molecule is COC(=O)c1ccc(C=C2SC(=S)N(CCCCCC(=O)O)C2=O)cc1. The van der Waals surface area contributed by atoms with Crippen molar-refractivity contribution in [3.05, 3.63) is 40.3 Å². The predicted octanol–water partition coefficient (Wildman–Crippen LogP) is 3.32. The van der Waals surface area contributed by atoms with Crippen LogP contribution in [0.2, 0.25) is 0 Å². The second-order valence-corrected chi connectivity index (χ2v) is 7.33. The van der Waals surface area contributed by atoms with Crippen molar-refractivity contribution < 1.29 is 24.2 Å². The second-order valence-electron chi connectivity index (χ2n) is 5.65. The molecule has 1 aromatic carbocycles. The number of nitrogens with zero attached hydrogens (tertiary/aromatic N) is 1. The maximum atomic E-state index is 12.5. The van der Waals surface area contributed by atoms with Crippen LogP contribution >= 0.6 is 24.0 Å². The van der Waals surface area contributed by atoms with E-state index in [1.54, 1.807) is 35.2 Å². The highest BCUT2D eigenvalue weighted by Crippen LogP contribution is 2.32. The number of carbonyl (C=O) groups is 3. The zero-order chi connectivity index (χ0) is 19.1. The lowest BCUT2D eigenvalue weighted by molar-refractivity contribution is -0.137. The summed E-state index contributed by atoms with van der Waals surface area (Å²) >= 11 is 6.52. The van der Waals surface area contributed by atoms with E-state index in [2.05, 4.69) is 4.74 Å². The number of carboxylic acids is 1. The van der Waals surface area contributed by atoms with Crippen LogP contribution in [0.25, 0.3) is 6.08 Å². The number of unbranched alkanes of at least 4 members (excludes halogenated alkanes) is 2. The van der Waals surface area contributed by atoms with Crippen molar-refractivity contribution in [3.8, 4) is 0 Å². The van der Waals surface area contributed by atoms with E-state index in [-0.39, 0.29) is 12.3 Å². The number of thioether (sulfide) groups is 1. The molecular formula is C18H19NO5S2. The van der Waals surface area contributed by atoms with E-state index >= 15 is 0 Å². The van der Waals surface area contributed by atoms with Gasteiger partial charge < -0.3 is 9.84 Å². The first-order valence-electron chi connectivity index (χ1n) is 8.08. The molecule has 1 aromatic rings. The number of esters is 1. The van der Waals surface area contributed by atoms with Gasteiger partial charge in [-0.05, 0) is 36.6 Å². The van der Waals surface area contributed by atoms with Crippen LogP contribution in [0.3, 0.4) is 0 Å². The fraction of sp³-hybridized carbons (Fsp3) is 0.333. The van der Waals surface area contributed by atoms with Gasteiger partial charge in [-0.15, -0.1) is 0 Å². The summed E-state index contributed by atoms with van der Waals surface area (Å²) in [6.45, 7) is 0.489. The number of carbonyl (C=O) groups excluding carboxylic acids is 2. The molecule has 1 saturated heterocycles. The smallest absolute Gasteiger partial charge is 0.337 e. The molecule has 0 atom stereocenters. The summed E-state index contributed by atoms with van der Waals surface area (Å²) in [7, 11) is 1.32. The van der Waals surface area contributed by atoms with Gasteiger partial charge in [0, 0.05) is 13.0 Å². The summed E-state index contributed by atoms with van der Waals surface area (Å²) in [6.07, 6.45) is 3.91. The minimum atomic E-state index is -0.809. The van der Waals surface area contributed by atoms with Gasteiger partial charge in [0.1, 0.15) is 4.32 Å². The lowest BCUT2D eigenvalue weighted by atomic mass is 10.1. The molecule has 0 aromatic heterocycles. The van der Waals surface area contributed by atoms with E-state index < -0.39 is 11.9 Å². The first kappa shape index (κ1) is 20.1. The zero-order valence-corrected chi connectivity index (χ0v) is 15.9. The quantitative estimate of drug-likeness (QED) is 0.314. The molecule has 26 heavy (non-hydrogen) atoms. The number of benzene rings is 1. The fourth-order valence-electron chi connectivity index (χ4n) is 2.40. The molecular weight excluding hydrogens is 374 g/mol. The lowest BCUT2D eigenvalue weighted by Gasteiger charge is -2.13. The summed E-state index contributed by atoms with van der Waals surface area (Å²) < 4.78 is 5.16. The van der Waals surface area contributed by atoms with Gasteiger partial charge in [0.25, 0.3) is 5.91 Å². The number of rotatable bonds is 8. The molecule has 0 aliphatic carbocycles. The molecule has 1 N–H and O–H groups in total. The van der Waals surface area contributed by atoms with Gasteiger partial charge >= 0.3 is 11.9 Å². The number of carboxylic acid groups (broad SMARTS) is 1. The molecule has 1 aliphatic rings. The Balaban J connectivity index is 1.95. The van der Waals surface area contributed by atoms with Gasteiger partial charge in [0.15, 0.2) is 0 Å². The Morgan fingerprint density at radius 2 is 1.92 bits per heavy atom. The molecule has 0 saturated carbocycles. The first-order valence-corrected chi connectivity index (χ1v) is 9.30. The van der Waals surface area contributed by atoms with E-state index in [0.717, 1.165) is 12.0 Å². The van der Waals surface area contributed by atoms with Crippen LogP contribution in [-0.2, 0) is 14.3 Å². The Morgan fingerprint density at radius 1 is 1.23 bits per heavy atom. The maximum absolute atomic E-state index is 12.5. The van der Waals surface area contributed by atoms with E-state index in [1.807, 2.05) is 0 Å². The number of amides is 1. The first-order chi connectivity index (χ1) is 12.4. The van der Waals surface area contributed by atoms with Crippen LogP contribution in [0.5, 0.6) is 0 Å². The Morgan fingerprint density at radius 3 is 2.54 bits per heavy atom. The van der Waals surface area contributed by atoms with Crippen molar-refractivity contribution in [2.75, 3.05) is 13.7 Å². The van der Waals surface area contributed by atoms with Gasteiger partial charge in [-0.1, -0.05) is 42.5 Å². The molecule has 2 rings (SSSR count). The van der Waals surface area contributed by atoms with Gasteiger partial charge in [-0.2, -0.15) is 0 Å².